The molecule has 100 valence electrons. The molecule has 1 saturated heterocycles. The molecule has 0 aliphatic carbocycles. The lowest BCUT2D eigenvalue weighted by Crippen LogP contribution is -2.53. The van der Waals surface area contributed by atoms with E-state index >= 15 is 0 Å². The van der Waals surface area contributed by atoms with Crippen LogP contribution in [0.5, 0.6) is 0 Å². The van der Waals surface area contributed by atoms with E-state index in [0.717, 1.165) is 0 Å². The lowest BCUT2D eigenvalue weighted by Gasteiger charge is -2.40. The van der Waals surface area contributed by atoms with Gasteiger partial charge in [-0.1, -0.05) is 0 Å². The second kappa shape index (κ2) is 4.60. The Morgan fingerprint density at radius 3 is 2.78 bits per heavy atom. The number of hydrogen-bond donors (Lipinski definition) is 0. The highest BCUT2D eigenvalue weighted by Gasteiger charge is 2.37. The van der Waals surface area contributed by atoms with Gasteiger partial charge in [0.2, 0.25) is 10.0 Å². The van der Waals surface area contributed by atoms with E-state index in [0.29, 0.717) is 13.1 Å². The van der Waals surface area contributed by atoms with Crippen molar-refractivity contribution in [2.75, 3.05) is 13.1 Å². The van der Waals surface area contributed by atoms with Crippen LogP contribution in [0.4, 0.5) is 0 Å². The first-order valence-electron chi connectivity index (χ1n) is 5.89. The topological polar surface area (TPSA) is 59.5 Å². The van der Waals surface area contributed by atoms with Gasteiger partial charge < -0.3 is 4.74 Å². The molecule has 1 atom stereocenters. The standard InChI is InChI=1S/C12H18N2O3S/c1-10-8-14(9-12(2,3)17-10)18(15,16)11-5-4-6-13-7-11/h4-7,10H,8-9H2,1-3H3. The second-order valence-corrected chi connectivity index (χ2v) is 7.11. The summed E-state index contributed by atoms with van der Waals surface area (Å²) < 4.78 is 32.1. The molecule has 0 amide bonds. The monoisotopic (exact) mass is 270 g/mol. The summed E-state index contributed by atoms with van der Waals surface area (Å²) in [6.07, 6.45) is 2.83. The molecule has 18 heavy (non-hydrogen) atoms. The Morgan fingerprint density at radius 2 is 2.22 bits per heavy atom. The quantitative estimate of drug-likeness (QED) is 0.812. The molecule has 1 aliphatic rings. The zero-order valence-electron chi connectivity index (χ0n) is 10.8. The average molecular weight is 270 g/mol. The van der Waals surface area contributed by atoms with Gasteiger partial charge in [0.25, 0.3) is 0 Å². The SMILES string of the molecule is CC1CN(S(=O)(=O)c2cccnc2)CC(C)(C)O1. The lowest BCUT2D eigenvalue weighted by molar-refractivity contribution is -0.109. The summed E-state index contributed by atoms with van der Waals surface area (Å²) in [5, 5.41) is 0. The number of aromatic nitrogens is 1. The molecule has 0 N–H and O–H groups in total. The second-order valence-electron chi connectivity index (χ2n) is 5.17. The van der Waals surface area contributed by atoms with Crippen LogP contribution in [-0.2, 0) is 14.8 Å². The Morgan fingerprint density at radius 1 is 1.50 bits per heavy atom. The van der Waals surface area contributed by atoms with E-state index in [2.05, 4.69) is 4.98 Å². The first-order chi connectivity index (χ1) is 8.31. The minimum atomic E-state index is -3.48. The highest BCUT2D eigenvalue weighted by Crippen LogP contribution is 2.25. The number of pyridine rings is 1. The van der Waals surface area contributed by atoms with Crippen LogP contribution < -0.4 is 0 Å². The third-order valence-corrected chi connectivity index (χ3v) is 4.61. The first kappa shape index (κ1) is 13.5. The van der Waals surface area contributed by atoms with Crippen molar-refractivity contribution >= 4 is 10.0 Å². The van der Waals surface area contributed by atoms with Crippen molar-refractivity contribution in [1.82, 2.24) is 9.29 Å². The zero-order valence-corrected chi connectivity index (χ0v) is 11.6. The molecule has 1 aromatic rings. The Hall–Kier alpha value is -0.980. The number of nitrogens with zero attached hydrogens (tertiary/aromatic N) is 2. The highest BCUT2D eigenvalue weighted by atomic mass is 32.2. The maximum Gasteiger partial charge on any atom is 0.244 e. The first-order valence-corrected chi connectivity index (χ1v) is 7.33. The predicted octanol–water partition coefficient (Wildman–Crippen LogP) is 1.27. The van der Waals surface area contributed by atoms with Crippen molar-refractivity contribution in [1.29, 1.82) is 0 Å². The van der Waals surface area contributed by atoms with Crippen LogP contribution >= 0.6 is 0 Å². The zero-order chi connectivity index (χ0) is 13.4. The fourth-order valence-electron chi connectivity index (χ4n) is 2.23. The molecular formula is C12H18N2O3S. The van der Waals surface area contributed by atoms with Gasteiger partial charge in [-0.2, -0.15) is 4.31 Å². The van der Waals surface area contributed by atoms with Crippen molar-refractivity contribution < 1.29 is 13.2 Å². The minimum absolute atomic E-state index is 0.111. The normalized spacial score (nSPS) is 24.9. The van der Waals surface area contributed by atoms with Gasteiger partial charge in [-0.15, -0.1) is 0 Å². The summed E-state index contributed by atoms with van der Waals surface area (Å²) in [5.74, 6) is 0. The molecule has 2 rings (SSSR count). The fraction of sp³-hybridized carbons (Fsp3) is 0.583. The maximum absolute atomic E-state index is 12.5. The number of morpholine rings is 1. The van der Waals surface area contributed by atoms with Gasteiger partial charge in [0.1, 0.15) is 4.90 Å². The molecule has 0 spiro atoms. The molecular weight excluding hydrogens is 252 g/mol. The Bertz CT molecular complexity index is 513. The van der Waals surface area contributed by atoms with Gasteiger partial charge in [0.05, 0.1) is 11.7 Å². The molecule has 2 heterocycles. The predicted molar refractivity (Wildman–Crippen MR) is 67.6 cm³/mol. The number of hydrogen-bond acceptors (Lipinski definition) is 4. The highest BCUT2D eigenvalue weighted by molar-refractivity contribution is 7.89. The van der Waals surface area contributed by atoms with E-state index < -0.39 is 15.6 Å². The molecule has 5 nitrogen and oxygen atoms in total. The number of ether oxygens (including phenoxy) is 1. The number of rotatable bonds is 2. The van der Waals surface area contributed by atoms with Crippen molar-refractivity contribution in [3.63, 3.8) is 0 Å². The smallest absolute Gasteiger partial charge is 0.244 e. The van der Waals surface area contributed by atoms with Gasteiger partial charge in [-0.25, -0.2) is 8.42 Å². The Kier molecular flexibility index (Phi) is 3.44. The van der Waals surface area contributed by atoms with Crippen molar-refractivity contribution in [2.24, 2.45) is 0 Å². The van der Waals surface area contributed by atoms with E-state index in [1.807, 2.05) is 20.8 Å². The maximum atomic E-state index is 12.5. The molecule has 1 aromatic heterocycles. The summed E-state index contributed by atoms with van der Waals surface area (Å²) in [4.78, 5) is 4.10. The van der Waals surface area contributed by atoms with E-state index in [-0.39, 0.29) is 11.0 Å². The van der Waals surface area contributed by atoms with Crippen LogP contribution in [0.25, 0.3) is 0 Å². The largest absolute Gasteiger partial charge is 0.370 e. The van der Waals surface area contributed by atoms with E-state index in [9.17, 15) is 8.42 Å². The number of sulfonamides is 1. The van der Waals surface area contributed by atoms with Gasteiger partial charge >= 0.3 is 0 Å². The summed E-state index contributed by atoms with van der Waals surface area (Å²) in [7, 11) is -3.48. The molecule has 1 unspecified atom stereocenters. The molecule has 1 fully saturated rings. The average Bonchev–Trinajstić information content (AvgIpc) is 2.27. The van der Waals surface area contributed by atoms with E-state index in [1.54, 1.807) is 18.3 Å². The summed E-state index contributed by atoms with van der Waals surface area (Å²) in [6, 6.07) is 3.19. The van der Waals surface area contributed by atoms with Crippen LogP contribution in [0, 0.1) is 0 Å². The molecule has 0 radical (unpaired) electrons. The molecule has 6 heteroatoms. The fourth-order valence-corrected chi connectivity index (χ4v) is 3.86. The summed E-state index contributed by atoms with van der Waals surface area (Å²) in [6.45, 7) is 6.41. The van der Waals surface area contributed by atoms with Crippen molar-refractivity contribution in [2.45, 2.75) is 37.4 Å². The molecule has 0 saturated carbocycles. The molecule has 0 bridgehead atoms. The van der Waals surface area contributed by atoms with Crippen LogP contribution in [0.15, 0.2) is 29.4 Å². The van der Waals surface area contributed by atoms with Gasteiger partial charge in [-0.05, 0) is 32.9 Å². The lowest BCUT2D eigenvalue weighted by atomic mass is 10.1. The van der Waals surface area contributed by atoms with Gasteiger partial charge in [0.15, 0.2) is 0 Å². The van der Waals surface area contributed by atoms with Crippen LogP contribution in [-0.4, -0.2) is 42.5 Å². The van der Waals surface area contributed by atoms with E-state index in [4.69, 9.17) is 4.74 Å². The van der Waals surface area contributed by atoms with Crippen LogP contribution in [0.2, 0.25) is 0 Å². The Labute approximate surface area is 108 Å². The summed E-state index contributed by atoms with van der Waals surface area (Å²) >= 11 is 0. The third-order valence-electron chi connectivity index (χ3n) is 2.81. The Balaban J connectivity index is 2.31. The van der Waals surface area contributed by atoms with Crippen LogP contribution in [0.3, 0.4) is 0 Å². The van der Waals surface area contributed by atoms with Crippen LogP contribution in [0.1, 0.15) is 20.8 Å². The van der Waals surface area contributed by atoms with Gasteiger partial charge in [0, 0.05) is 25.5 Å². The van der Waals surface area contributed by atoms with E-state index in [1.165, 1.54) is 10.5 Å². The molecule has 0 aromatic carbocycles. The van der Waals surface area contributed by atoms with Crippen molar-refractivity contribution in [3.05, 3.63) is 24.5 Å². The summed E-state index contributed by atoms with van der Waals surface area (Å²) in [5.41, 5.74) is -0.465. The van der Waals surface area contributed by atoms with Crippen molar-refractivity contribution in [3.8, 4) is 0 Å². The third kappa shape index (κ3) is 2.71. The van der Waals surface area contributed by atoms with Gasteiger partial charge in [-0.3, -0.25) is 4.98 Å². The molecule has 1 aliphatic heterocycles. The minimum Gasteiger partial charge on any atom is -0.370 e.